The Labute approximate surface area is 201 Å². The van der Waals surface area contributed by atoms with Crippen LogP contribution in [0.3, 0.4) is 0 Å². The highest BCUT2D eigenvalue weighted by atomic mass is 16.6. The van der Waals surface area contributed by atoms with Gasteiger partial charge in [0.1, 0.15) is 18.3 Å². The normalized spacial score (nSPS) is 15.2. The largest absolute Gasteiger partial charge is 0.457 e. The molecule has 0 fully saturated rings. The maximum Gasteiger partial charge on any atom is 0.306 e. The Bertz CT molecular complexity index is 433. The van der Waals surface area contributed by atoms with Gasteiger partial charge in [-0.2, -0.15) is 0 Å². The van der Waals surface area contributed by atoms with Gasteiger partial charge in [0.15, 0.2) is 6.10 Å². The van der Waals surface area contributed by atoms with Crippen molar-refractivity contribution in [1.29, 1.82) is 0 Å². The predicted molar refractivity (Wildman–Crippen MR) is 131 cm³/mol. The summed E-state index contributed by atoms with van der Waals surface area (Å²) in [5.41, 5.74) is 0. The molecule has 0 radical (unpaired) electrons. The van der Waals surface area contributed by atoms with Crippen LogP contribution in [-0.4, -0.2) is 69.1 Å². The van der Waals surface area contributed by atoms with E-state index in [1.807, 2.05) is 0 Å². The molecular weight excluding hydrogens is 424 g/mol. The third kappa shape index (κ3) is 18.3. The van der Waals surface area contributed by atoms with Crippen LogP contribution in [-0.2, 0) is 9.53 Å². The van der Waals surface area contributed by atoms with Gasteiger partial charge in [-0.05, 0) is 6.42 Å². The van der Waals surface area contributed by atoms with Gasteiger partial charge in [0, 0.05) is 6.42 Å². The molecule has 0 heterocycles. The van der Waals surface area contributed by atoms with Gasteiger partial charge in [-0.15, -0.1) is 0 Å². The number of carbonyl (C=O) groups is 1. The lowest BCUT2D eigenvalue weighted by Crippen LogP contribution is -2.48. The van der Waals surface area contributed by atoms with E-state index in [1.54, 1.807) is 0 Å². The summed E-state index contributed by atoms with van der Waals surface area (Å²) < 4.78 is 5.01. The Morgan fingerprint density at radius 3 is 1.36 bits per heavy atom. The molecule has 5 N–H and O–H groups in total. The first-order chi connectivity index (χ1) is 16.0. The van der Waals surface area contributed by atoms with Crippen LogP contribution in [0.2, 0.25) is 0 Å². The number of aliphatic hydroxyl groups excluding tert-OH is 5. The van der Waals surface area contributed by atoms with Crippen LogP contribution in [0.4, 0.5) is 0 Å². The minimum Gasteiger partial charge on any atom is -0.457 e. The summed E-state index contributed by atoms with van der Waals surface area (Å²) in [7, 11) is 0. The molecule has 0 spiro atoms. The molecule has 0 saturated heterocycles. The van der Waals surface area contributed by atoms with Gasteiger partial charge in [0.05, 0.1) is 13.2 Å². The van der Waals surface area contributed by atoms with Crippen molar-refractivity contribution in [1.82, 2.24) is 0 Å². The highest BCUT2D eigenvalue weighted by Crippen LogP contribution is 2.15. The van der Waals surface area contributed by atoms with Crippen molar-refractivity contribution in [2.45, 2.75) is 147 Å². The van der Waals surface area contributed by atoms with Crippen LogP contribution in [0, 0.1) is 0 Å². The van der Waals surface area contributed by atoms with Crippen LogP contribution >= 0.6 is 0 Å². The Hall–Kier alpha value is -0.730. The highest BCUT2D eigenvalue weighted by Gasteiger charge is 2.33. The van der Waals surface area contributed by atoms with Gasteiger partial charge >= 0.3 is 5.97 Å². The van der Waals surface area contributed by atoms with Crippen molar-refractivity contribution in [3.8, 4) is 0 Å². The summed E-state index contributed by atoms with van der Waals surface area (Å²) in [5.74, 6) is -0.556. The molecule has 4 atom stereocenters. The van der Waals surface area contributed by atoms with E-state index in [9.17, 15) is 25.2 Å². The van der Waals surface area contributed by atoms with Gasteiger partial charge in [-0.3, -0.25) is 4.79 Å². The summed E-state index contributed by atoms with van der Waals surface area (Å²) in [6.45, 7) is 0.832. The molecule has 0 aromatic heterocycles. The number of aliphatic hydroxyl groups is 5. The molecule has 0 aliphatic rings. The molecule has 0 aliphatic heterocycles. The quantitative estimate of drug-likeness (QED) is 0.105. The average Bonchev–Trinajstić information content (AvgIpc) is 2.82. The third-order valence-electron chi connectivity index (χ3n) is 6.26. The number of unbranched alkanes of at least 4 members (excludes halogenated alkanes) is 16. The van der Waals surface area contributed by atoms with Crippen molar-refractivity contribution < 1.29 is 35.1 Å². The molecule has 0 bridgehead atoms. The lowest BCUT2D eigenvalue weighted by molar-refractivity contribution is -0.171. The molecule has 0 unspecified atom stereocenters. The van der Waals surface area contributed by atoms with E-state index in [-0.39, 0.29) is 6.42 Å². The maximum absolute atomic E-state index is 11.9. The fraction of sp³-hybridized carbons (Fsp3) is 0.962. The Balaban J connectivity index is 3.54. The second kappa shape index (κ2) is 23.0. The number of hydrogen-bond donors (Lipinski definition) is 5. The second-order valence-electron chi connectivity index (χ2n) is 9.35. The molecule has 0 aromatic rings. The van der Waals surface area contributed by atoms with E-state index in [1.165, 1.54) is 83.5 Å². The van der Waals surface area contributed by atoms with Crippen molar-refractivity contribution in [3.63, 3.8) is 0 Å². The standard InChI is InChI=1S/C26H52O7/c1-2-3-4-5-6-7-8-9-10-11-12-13-14-15-16-17-18-19-24(30)33-23(21-28)26(32)25(31)22(29)20-27/h22-23,25-29,31-32H,2-21H2,1H3/t22-,23-,25-,26-/m0/s1. The van der Waals surface area contributed by atoms with E-state index in [2.05, 4.69) is 6.92 Å². The van der Waals surface area contributed by atoms with Gasteiger partial charge in [0.25, 0.3) is 0 Å². The molecule has 0 rings (SSSR count). The lowest BCUT2D eigenvalue weighted by Gasteiger charge is -2.27. The molecular formula is C26H52O7. The first-order valence-corrected chi connectivity index (χ1v) is 13.4. The van der Waals surface area contributed by atoms with Crippen LogP contribution in [0.5, 0.6) is 0 Å². The number of ether oxygens (including phenoxy) is 1. The van der Waals surface area contributed by atoms with E-state index in [4.69, 9.17) is 9.84 Å². The van der Waals surface area contributed by atoms with E-state index in [0.717, 1.165) is 19.3 Å². The Morgan fingerprint density at radius 1 is 0.606 bits per heavy atom. The van der Waals surface area contributed by atoms with Crippen molar-refractivity contribution in [3.05, 3.63) is 0 Å². The topological polar surface area (TPSA) is 127 Å². The van der Waals surface area contributed by atoms with Gasteiger partial charge in [0.2, 0.25) is 0 Å². The Kier molecular flexibility index (Phi) is 22.5. The first-order valence-electron chi connectivity index (χ1n) is 13.4. The summed E-state index contributed by atoms with van der Waals surface area (Å²) in [6.07, 6.45) is 15.3. The number of esters is 1. The molecule has 7 nitrogen and oxygen atoms in total. The zero-order chi connectivity index (χ0) is 24.7. The summed E-state index contributed by atoms with van der Waals surface area (Å²) in [4.78, 5) is 11.9. The molecule has 198 valence electrons. The van der Waals surface area contributed by atoms with E-state index >= 15 is 0 Å². The lowest BCUT2D eigenvalue weighted by atomic mass is 10.0. The zero-order valence-electron chi connectivity index (χ0n) is 21.0. The van der Waals surface area contributed by atoms with Crippen LogP contribution in [0.1, 0.15) is 122 Å². The zero-order valence-corrected chi connectivity index (χ0v) is 21.0. The van der Waals surface area contributed by atoms with Gasteiger partial charge in [-0.25, -0.2) is 0 Å². The number of rotatable bonds is 24. The second-order valence-corrected chi connectivity index (χ2v) is 9.35. The fourth-order valence-corrected chi connectivity index (χ4v) is 3.99. The third-order valence-corrected chi connectivity index (χ3v) is 6.26. The molecule has 0 aliphatic carbocycles. The van der Waals surface area contributed by atoms with E-state index < -0.39 is 43.6 Å². The summed E-state index contributed by atoms with van der Waals surface area (Å²) in [6, 6.07) is 0. The van der Waals surface area contributed by atoms with Crippen molar-refractivity contribution >= 4 is 5.97 Å². The van der Waals surface area contributed by atoms with Crippen molar-refractivity contribution in [2.75, 3.05) is 13.2 Å². The minimum atomic E-state index is -1.71. The fourth-order valence-electron chi connectivity index (χ4n) is 3.99. The Morgan fingerprint density at radius 2 is 1.00 bits per heavy atom. The number of carbonyl (C=O) groups excluding carboxylic acids is 1. The highest BCUT2D eigenvalue weighted by molar-refractivity contribution is 5.69. The SMILES string of the molecule is CCCCCCCCCCCCCCCCCCCC(=O)O[C@@H](CO)[C@H](O)[C@@H](O)[C@@H](O)CO. The smallest absolute Gasteiger partial charge is 0.306 e. The van der Waals surface area contributed by atoms with Crippen LogP contribution < -0.4 is 0 Å². The maximum atomic E-state index is 11.9. The molecule has 7 heteroatoms. The summed E-state index contributed by atoms with van der Waals surface area (Å²) >= 11 is 0. The molecule has 0 amide bonds. The molecule has 33 heavy (non-hydrogen) atoms. The van der Waals surface area contributed by atoms with Gasteiger partial charge in [-0.1, -0.05) is 110 Å². The first kappa shape index (κ1) is 32.3. The number of hydrogen-bond acceptors (Lipinski definition) is 7. The monoisotopic (exact) mass is 476 g/mol. The van der Waals surface area contributed by atoms with Crippen molar-refractivity contribution in [2.24, 2.45) is 0 Å². The average molecular weight is 477 g/mol. The summed E-state index contributed by atoms with van der Waals surface area (Å²) in [5, 5.41) is 47.0. The predicted octanol–water partition coefficient (Wildman–Crippen LogP) is 4.01. The molecule has 0 saturated carbocycles. The van der Waals surface area contributed by atoms with E-state index in [0.29, 0.717) is 6.42 Å². The van der Waals surface area contributed by atoms with Crippen LogP contribution in [0.25, 0.3) is 0 Å². The van der Waals surface area contributed by atoms with Crippen LogP contribution in [0.15, 0.2) is 0 Å². The minimum absolute atomic E-state index is 0.181. The molecule has 0 aromatic carbocycles. The van der Waals surface area contributed by atoms with Gasteiger partial charge < -0.3 is 30.3 Å².